The van der Waals surface area contributed by atoms with Gasteiger partial charge in [0.25, 0.3) is 5.91 Å². The lowest BCUT2D eigenvalue weighted by Crippen LogP contribution is -2.32. The Bertz CT molecular complexity index is 619. The Kier molecular flexibility index (Phi) is 2.29. The largest absolute Gasteiger partial charge is 0.353 e. The molecule has 0 bridgehead atoms. The van der Waals surface area contributed by atoms with Gasteiger partial charge < -0.3 is 10.6 Å². The Morgan fingerprint density at radius 1 is 1.44 bits per heavy atom. The SMILES string of the molecule is Cc1ccnc2c1NC(=O)C(c1cnn(C)c1)N2. The van der Waals surface area contributed by atoms with E-state index in [1.807, 2.05) is 26.2 Å². The summed E-state index contributed by atoms with van der Waals surface area (Å²) in [5.74, 6) is 0.607. The van der Waals surface area contributed by atoms with Gasteiger partial charge in [-0.2, -0.15) is 5.10 Å². The van der Waals surface area contributed by atoms with Crippen molar-refractivity contribution in [1.29, 1.82) is 0 Å². The first-order valence-corrected chi connectivity index (χ1v) is 5.66. The summed E-state index contributed by atoms with van der Waals surface area (Å²) in [6.45, 7) is 1.94. The molecule has 0 aromatic carbocycles. The normalized spacial score (nSPS) is 17.9. The molecule has 1 aliphatic heterocycles. The summed E-state index contributed by atoms with van der Waals surface area (Å²) in [6, 6.07) is 1.42. The second-order valence-corrected chi connectivity index (χ2v) is 4.37. The molecular weight excluding hydrogens is 230 g/mol. The Hall–Kier alpha value is -2.37. The number of pyridine rings is 1. The monoisotopic (exact) mass is 243 g/mol. The van der Waals surface area contributed by atoms with Gasteiger partial charge in [0, 0.05) is 25.0 Å². The maximum atomic E-state index is 12.1. The van der Waals surface area contributed by atoms with Crippen LogP contribution in [0.4, 0.5) is 11.5 Å². The van der Waals surface area contributed by atoms with Crippen molar-refractivity contribution in [3.05, 3.63) is 35.8 Å². The summed E-state index contributed by atoms with van der Waals surface area (Å²) in [6.07, 6.45) is 5.22. The van der Waals surface area contributed by atoms with Crippen molar-refractivity contribution >= 4 is 17.4 Å². The highest BCUT2D eigenvalue weighted by Gasteiger charge is 2.29. The summed E-state index contributed by atoms with van der Waals surface area (Å²) in [7, 11) is 1.82. The standard InChI is InChI=1S/C12H13N5O/c1-7-3-4-13-11-9(7)16-12(18)10(15-11)8-5-14-17(2)6-8/h3-6,10H,1-2H3,(H,13,15)(H,16,18). The second-order valence-electron chi connectivity index (χ2n) is 4.37. The van der Waals surface area contributed by atoms with E-state index in [2.05, 4.69) is 20.7 Å². The van der Waals surface area contributed by atoms with E-state index >= 15 is 0 Å². The Labute approximate surface area is 104 Å². The molecular formula is C12H13N5O. The van der Waals surface area contributed by atoms with E-state index in [4.69, 9.17) is 0 Å². The maximum absolute atomic E-state index is 12.1. The fourth-order valence-electron chi connectivity index (χ4n) is 2.05. The number of rotatable bonds is 1. The molecule has 1 amide bonds. The molecule has 2 aromatic heterocycles. The first-order valence-electron chi connectivity index (χ1n) is 5.66. The van der Waals surface area contributed by atoms with Crippen molar-refractivity contribution in [1.82, 2.24) is 14.8 Å². The summed E-state index contributed by atoms with van der Waals surface area (Å²) in [5, 5.41) is 10.1. The molecule has 0 fully saturated rings. The smallest absolute Gasteiger partial charge is 0.251 e. The van der Waals surface area contributed by atoms with E-state index < -0.39 is 6.04 Å². The van der Waals surface area contributed by atoms with E-state index in [1.165, 1.54) is 0 Å². The number of anilines is 2. The fraction of sp³-hybridized carbons (Fsp3) is 0.250. The number of nitrogens with one attached hydrogen (secondary N) is 2. The van der Waals surface area contributed by atoms with Crippen molar-refractivity contribution in [2.45, 2.75) is 13.0 Å². The minimum atomic E-state index is -0.444. The van der Waals surface area contributed by atoms with Gasteiger partial charge >= 0.3 is 0 Å². The topological polar surface area (TPSA) is 71.8 Å². The summed E-state index contributed by atoms with van der Waals surface area (Å²) in [4.78, 5) is 16.3. The zero-order chi connectivity index (χ0) is 12.7. The number of aromatic nitrogens is 3. The van der Waals surface area contributed by atoms with Gasteiger partial charge in [0.15, 0.2) is 5.82 Å². The molecule has 3 heterocycles. The van der Waals surface area contributed by atoms with Crippen LogP contribution >= 0.6 is 0 Å². The van der Waals surface area contributed by atoms with Crippen molar-refractivity contribution in [3.63, 3.8) is 0 Å². The third-order valence-electron chi connectivity index (χ3n) is 3.01. The highest BCUT2D eigenvalue weighted by molar-refractivity contribution is 6.03. The minimum absolute atomic E-state index is 0.0911. The molecule has 92 valence electrons. The zero-order valence-corrected chi connectivity index (χ0v) is 10.1. The minimum Gasteiger partial charge on any atom is -0.353 e. The summed E-state index contributed by atoms with van der Waals surface area (Å²) < 4.78 is 1.67. The molecule has 6 nitrogen and oxygen atoms in total. The van der Waals surface area contributed by atoms with Gasteiger partial charge in [-0.15, -0.1) is 0 Å². The van der Waals surface area contributed by atoms with Crippen molar-refractivity contribution < 1.29 is 4.79 Å². The fourth-order valence-corrected chi connectivity index (χ4v) is 2.05. The quantitative estimate of drug-likeness (QED) is 0.790. The predicted molar refractivity (Wildman–Crippen MR) is 67.2 cm³/mol. The molecule has 0 saturated heterocycles. The average molecular weight is 243 g/mol. The Morgan fingerprint density at radius 2 is 2.28 bits per heavy atom. The van der Waals surface area contributed by atoms with Crippen molar-refractivity contribution in [2.75, 3.05) is 10.6 Å². The van der Waals surface area contributed by atoms with Crippen LogP contribution in [0.1, 0.15) is 17.2 Å². The molecule has 0 saturated carbocycles. The first kappa shape index (κ1) is 10.8. The molecule has 2 aromatic rings. The highest BCUT2D eigenvalue weighted by atomic mass is 16.2. The lowest BCUT2D eigenvalue weighted by Gasteiger charge is -2.26. The zero-order valence-electron chi connectivity index (χ0n) is 10.1. The van der Waals surface area contributed by atoms with Crippen LogP contribution in [0.25, 0.3) is 0 Å². The molecule has 0 spiro atoms. The second kappa shape index (κ2) is 3.83. The third kappa shape index (κ3) is 1.62. The molecule has 2 N–H and O–H groups in total. The lowest BCUT2D eigenvalue weighted by molar-refractivity contribution is -0.117. The number of carbonyl (C=O) groups excluding carboxylic acids is 1. The van der Waals surface area contributed by atoms with E-state index in [0.29, 0.717) is 5.82 Å². The van der Waals surface area contributed by atoms with Gasteiger partial charge in [-0.3, -0.25) is 9.48 Å². The average Bonchev–Trinajstić information content (AvgIpc) is 2.76. The summed E-state index contributed by atoms with van der Waals surface area (Å²) >= 11 is 0. The van der Waals surface area contributed by atoms with Crippen molar-refractivity contribution in [2.24, 2.45) is 7.05 Å². The number of fused-ring (bicyclic) bond motifs is 1. The molecule has 0 aliphatic carbocycles. The summed E-state index contributed by atoms with van der Waals surface area (Å²) in [5.41, 5.74) is 2.57. The lowest BCUT2D eigenvalue weighted by atomic mass is 10.1. The van der Waals surface area contributed by atoms with Gasteiger partial charge in [-0.1, -0.05) is 0 Å². The number of carbonyl (C=O) groups is 1. The van der Waals surface area contributed by atoms with Crippen LogP contribution in [0.5, 0.6) is 0 Å². The number of amides is 1. The van der Waals surface area contributed by atoms with Crippen LogP contribution in [0.2, 0.25) is 0 Å². The number of nitrogens with zero attached hydrogens (tertiary/aromatic N) is 3. The van der Waals surface area contributed by atoms with Gasteiger partial charge in [0.05, 0.1) is 11.9 Å². The van der Waals surface area contributed by atoms with Gasteiger partial charge in [-0.05, 0) is 18.6 Å². The third-order valence-corrected chi connectivity index (χ3v) is 3.01. The molecule has 1 aliphatic rings. The molecule has 6 heteroatoms. The molecule has 1 unspecified atom stereocenters. The Balaban J connectivity index is 2.00. The Morgan fingerprint density at radius 3 is 3.00 bits per heavy atom. The van der Waals surface area contributed by atoms with Gasteiger partial charge in [-0.25, -0.2) is 4.98 Å². The van der Waals surface area contributed by atoms with Crippen LogP contribution < -0.4 is 10.6 Å². The molecule has 18 heavy (non-hydrogen) atoms. The number of aryl methyl sites for hydroxylation is 2. The van der Waals surface area contributed by atoms with Crippen LogP contribution in [-0.2, 0) is 11.8 Å². The van der Waals surface area contributed by atoms with Crippen LogP contribution in [0, 0.1) is 6.92 Å². The first-order chi connectivity index (χ1) is 8.65. The van der Waals surface area contributed by atoms with Crippen LogP contribution in [-0.4, -0.2) is 20.7 Å². The molecule has 1 atom stereocenters. The van der Waals surface area contributed by atoms with E-state index in [0.717, 1.165) is 16.8 Å². The maximum Gasteiger partial charge on any atom is 0.251 e. The van der Waals surface area contributed by atoms with Crippen molar-refractivity contribution in [3.8, 4) is 0 Å². The molecule has 3 rings (SSSR count). The van der Waals surface area contributed by atoms with Gasteiger partial charge in [0.2, 0.25) is 0 Å². The van der Waals surface area contributed by atoms with E-state index in [-0.39, 0.29) is 5.91 Å². The highest BCUT2D eigenvalue weighted by Crippen LogP contribution is 2.32. The van der Waals surface area contributed by atoms with E-state index in [9.17, 15) is 4.79 Å². The number of hydrogen-bond donors (Lipinski definition) is 2. The predicted octanol–water partition coefficient (Wildman–Crippen LogP) is 1.23. The van der Waals surface area contributed by atoms with E-state index in [1.54, 1.807) is 17.1 Å². The van der Waals surface area contributed by atoms with Crippen LogP contribution in [0.3, 0.4) is 0 Å². The number of hydrogen-bond acceptors (Lipinski definition) is 4. The van der Waals surface area contributed by atoms with Crippen LogP contribution in [0.15, 0.2) is 24.7 Å². The molecule has 0 radical (unpaired) electrons. The van der Waals surface area contributed by atoms with Gasteiger partial charge in [0.1, 0.15) is 6.04 Å².